The summed E-state index contributed by atoms with van der Waals surface area (Å²) in [5, 5.41) is 7.40. The molecule has 2 heterocycles. The van der Waals surface area contributed by atoms with E-state index in [1.165, 1.54) is 81.4 Å². The SMILES string of the molecule is c1ccc(-n2c3ccccc3c3cccc(N(c4cccc(-c5cccc6oc7ccccc7c56)c4)c4ccccc4-c4cccc5cccc(C6CCCCC6)c45)c32)cc1. The van der Waals surface area contributed by atoms with Crippen LogP contribution in [0.5, 0.6) is 0 Å². The molecule has 0 amide bonds. The van der Waals surface area contributed by atoms with Crippen molar-refractivity contribution in [2.45, 2.75) is 38.0 Å². The molecule has 61 heavy (non-hydrogen) atoms. The topological polar surface area (TPSA) is 21.3 Å². The zero-order chi connectivity index (χ0) is 40.3. The molecule has 0 radical (unpaired) electrons. The van der Waals surface area contributed by atoms with Crippen molar-refractivity contribution in [1.29, 1.82) is 0 Å². The third kappa shape index (κ3) is 5.87. The number of rotatable bonds is 7. The fourth-order valence-electron chi connectivity index (χ4n) is 10.5. The maximum Gasteiger partial charge on any atom is 0.136 e. The van der Waals surface area contributed by atoms with Crippen LogP contribution in [0.1, 0.15) is 43.6 Å². The van der Waals surface area contributed by atoms with E-state index >= 15 is 0 Å². The Morgan fingerprint density at radius 2 is 1.11 bits per heavy atom. The Balaban J connectivity index is 1.16. The standard InChI is InChI=1S/C58H44N2O/c1-3-18-39(19-4-1)44-29-14-20-40-21-15-31-48(56(40)44)46-26-7-10-33-51(46)59(43-25-13-22-41(38-43)45-30-17-37-55-57(45)50-28-9-12-36-54(50)61-55)53-35-16-32-49-47-27-8-11-34-52(47)60(58(49)53)42-23-5-2-6-24-42/h2,5-17,20-39H,1,3-4,18-19H2. The quantitative estimate of drug-likeness (QED) is 0.161. The fraction of sp³-hybridized carbons (Fsp3) is 0.103. The molecule has 292 valence electrons. The molecule has 3 nitrogen and oxygen atoms in total. The summed E-state index contributed by atoms with van der Waals surface area (Å²) in [6, 6.07) is 73.3. The molecule has 1 fully saturated rings. The molecule has 0 spiro atoms. The second-order valence-corrected chi connectivity index (χ2v) is 16.6. The maximum atomic E-state index is 6.40. The van der Waals surface area contributed by atoms with Crippen LogP contribution in [0.3, 0.4) is 0 Å². The van der Waals surface area contributed by atoms with Gasteiger partial charge in [-0.3, -0.25) is 0 Å². The lowest BCUT2D eigenvalue weighted by Crippen LogP contribution is -2.13. The van der Waals surface area contributed by atoms with E-state index in [0.717, 1.165) is 55.8 Å². The second kappa shape index (κ2) is 14.7. The van der Waals surface area contributed by atoms with Crippen molar-refractivity contribution in [2.24, 2.45) is 0 Å². The number of nitrogens with zero attached hydrogens (tertiary/aromatic N) is 2. The molecular weight excluding hydrogens is 741 g/mol. The molecule has 0 saturated heterocycles. The summed E-state index contributed by atoms with van der Waals surface area (Å²) >= 11 is 0. The van der Waals surface area contributed by atoms with Crippen LogP contribution in [0.25, 0.3) is 82.5 Å². The Morgan fingerprint density at radius 3 is 2.02 bits per heavy atom. The van der Waals surface area contributed by atoms with Gasteiger partial charge in [-0.1, -0.05) is 165 Å². The highest BCUT2D eigenvalue weighted by atomic mass is 16.3. The number of aromatic nitrogens is 1. The molecule has 0 N–H and O–H groups in total. The molecule has 1 aliphatic carbocycles. The molecule has 12 rings (SSSR count). The van der Waals surface area contributed by atoms with Crippen LogP contribution in [0.15, 0.2) is 205 Å². The summed E-state index contributed by atoms with van der Waals surface area (Å²) in [4.78, 5) is 2.52. The van der Waals surface area contributed by atoms with Crippen molar-refractivity contribution < 1.29 is 4.42 Å². The number of hydrogen-bond acceptors (Lipinski definition) is 2. The van der Waals surface area contributed by atoms with Gasteiger partial charge < -0.3 is 13.9 Å². The highest BCUT2D eigenvalue weighted by molar-refractivity contribution is 6.16. The van der Waals surface area contributed by atoms with Crippen LogP contribution in [-0.4, -0.2) is 4.57 Å². The summed E-state index contributed by atoms with van der Waals surface area (Å²) in [5.41, 5.74) is 14.9. The Bertz CT molecular complexity index is 3420. The molecule has 2 aromatic heterocycles. The lowest BCUT2D eigenvalue weighted by Gasteiger charge is -2.30. The lowest BCUT2D eigenvalue weighted by molar-refractivity contribution is 0.445. The normalized spacial score (nSPS) is 13.5. The van der Waals surface area contributed by atoms with E-state index in [1.807, 2.05) is 6.07 Å². The molecule has 11 aromatic rings. The Labute approximate surface area is 355 Å². The van der Waals surface area contributed by atoms with Gasteiger partial charge in [-0.15, -0.1) is 0 Å². The highest BCUT2D eigenvalue weighted by Gasteiger charge is 2.26. The molecule has 0 atom stereocenters. The summed E-state index contributed by atoms with van der Waals surface area (Å²) in [7, 11) is 0. The predicted octanol–water partition coefficient (Wildman–Crippen LogP) is 16.7. The average Bonchev–Trinajstić information content (AvgIpc) is 3.89. The van der Waals surface area contributed by atoms with E-state index in [-0.39, 0.29) is 0 Å². The van der Waals surface area contributed by atoms with Gasteiger partial charge in [-0.2, -0.15) is 0 Å². The minimum absolute atomic E-state index is 0.565. The van der Waals surface area contributed by atoms with Crippen molar-refractivity contribution in [1.82, 2.24) is 4.57 Å². The minimum Gasteiger partial charge on any atom is -0.456 e. The first-order chi connectivity index (χ1) is 30.3. The van der Waals surface area contributed by atoms with Crippen LogP contribution < -0.4 is 4.90 Å². The van der Waals surface area contributed by atoms with Gasteiger partial charge in [-0.05, 0) is 106 Å². The Hall–Kier alpha value is -7.36. The van der Waals surface area contributed by atoms with Gasteiger partial charge in [0.15, 0.2) is 0 Å². The van der Waals surface area contributed by atoms with Gasteiger partial charge in [0, 0.05) is 38.5 Å². The molecule has 0 bridgehead atoms. The fourth-order valence-corrected chi connectivity index (χ4v) is 10.5. The zero-order valence-electron chi connectivity index (χ0n) is 34.0. The number of furan rings is 1. The first-order valence-electron chi connectivity index (χ1n) is 21.8. The number of para-hydroxylation sites is 5. The van der Waals surface area contributed by atoms with Gasteiger partial charge in [0.2, 0.25) is 0 Å². The molecule has 9 aromatic carbocycles. The Kier molecular flexibility index (Phi) is 8.59. The summed E-state index contributed by atoms with van der Waals surface area (Å²) in [5.74, 6) is 0.565. The van der Waals surface area contributed by atoms with Crippen molar-refractivity contribution in [3.05, 3.63) is 206 Å². The van der Waals surface area contributed by atoms with Gasteiger partial charge in [0.05, 0.1) is 22.4 Å². The van der Waals surface area contributed by atoms with E-state index in [9.17, 15) is 0 Å². The monoisotopic (exact) mass is 784 g/mol. The molecular formula is C58H44N2O. The molecule has 1 aliphatic rings. The van der Waals surface area contributed by atoms with Crippen molar-refractivity contribution in [3.8, 4) is 27.9 Å². The molecule has 0 unspecified atom stereocenters. The van der Waals surface area contributed by atoms with Crippen LogP contribution >= 0.6 is 0 Å². The number of benzene rings is 9. The highest BCUT2D eigenvalue weighted by Crippen LogP contribution is 2.49. The number of anilines is 3. The van der Waals surface area contributed by atoms with Crippen molar-refractivity contribution >= 4 is 71.6 Å². The third-order valence-corrected chi connectivity index (χ3v) is 13.2. The summed E-state index contributed by atoms with van der Waals surface area (Å²) in [6.45, 7) is 0. The van der Waals surface area contributed by atoms with E-state index in [1.54, 1.807) is 0 Å². The van der Waals surface area contributed by atoms with Gasteiger partial charge >= 0.3 is 0 Å². The van der Waals surface area contributed by atoms with Gasteiger partial charge in [0.1, 0.15) is 11.2 Å². The van der Waals surface area contributed by atoms with Gasteiger partial charge in [-0.25, -0.2) is 0 Å². The maximum absolute atomic E-state index is 6.40. The minimum atomic E-state index is 0.565. The van der Waals surface area contributed by atoms with Crippen LogP contribution in [-0.2, 0) is 0 Å². The van der Waals surface area contributed by atoms with E-state index in [4.69, 9.17) is 4.42 Å². The van der Waals surface area contributed by atoms with Crippen molar-refractivity contribution in [2.75, 3.05) is 4.90 Å². The van der Waals surface area contributed by atoms with Crippen LogP contribution in [0, 0.1) is 0 Å². The van der Waals surface area contributed by atoms with Gasteiger partial charge in [0.25, 0.3) is 0 Å². The largest absolute Gasteiger partial charge is 0.456 e. The van der Waals surface area contributed by atoms with Crippen LogP contribution in [0.4, 0.5) is 17.1 Å². The molecule has 1 saturated carbocycles. The van der Waals surface area contributed by atoms with E-state index in [0.29, 0.717) is 5.92 Å². The lowest BCUT2D eigenvalue weighted by atomic mass is 9.80. The average molecular weight is 785 g/mol. The first kappa shape index (κ1) is 35.6. The summed E-state index contributed by atoms with van der Waals surface area (Å²) in [6.07, 6.45) is 6.43. The molecule has 3 heteroatoms. The van der Waals surface area contributed by atoms with Crippen molar-refractivity contribution in [3.63, 3.8) is 0 Å². The number of hydrogen-bond donors (Lipinski definition) is 0. The zero-order valence-corrected chi connectivity index (χ0v) is 34.0. The Morgan fingerprint density at radius 1 is 0.459 bits per heavy atom. The predicted molar refractivity (Wildman–Crippen MR) is 257 cm³/mol. The first-order valence-corrected chi connectivity index (χ1v) is 21.8. The third-order valence-electron chi connectivity index (χ3n) is 13.2. The van der Waals surface area contributed by atoms with E-state index < -0.39 is 0 Å². The van der Waals surface area contributed by atoms with Crippen LogP contribution in [0.2, 0.25) is 0 Å². The van der Waals surface area contributed by atoms with E-state index in [2.05, 4.69) is 204 Å². The molecule has 0 aliphatic heterocycles. The summed E-state index contributed by atoms with van der Waals surface area (Å²) < 4.78 is 8.86. The number of fused-ring (bicyclic) bond motifs is 7. The second-order valence-electron chi connectivity index (χ2n) is 16.6. The smallest absolute Gasteiger partial charge is 0.136 e.